The van der Waals surface area contributed by atoms with Crippen molar-refractivity contribution >= 4 is 42.3 Å². The van der Waals surface area contributed by atoms with Crippen molar-refractivity contribution < 1.29 is 14.4 Å². The Kier molecular flexibility index (Phi) is 3.04. The van der Waals surface area contributed by atoms with E-state index in [4.69, 9.17) is 16.5 Å². The topological polar surface area (TPSA) is 35.5 Å². The van der Waals surface area contributed by atoms with Gasteiger partial charge in [0.15, 0.2) is 0 Å². The fraction of sp³-hybridized carbons (Fsp3) is 0. The van der Waals surface area contributed by atoms with Crippen molar-refractivity contribution in [1.29, 1.82) is 0 Å². The van der Waals surface area contributed by atoms with Gasteiger partial charge in [0, 0.05) is 0 Å². The van der Waals surface area contributed by atoms with Gasteiger partial charge in [0.25, 0.3) is 0 Å². The normalized spacial score (nSPS) is 17.3. The van der Waals surface area contributed by atoms with E-state index in [1.165, 1.54) is 0 Å². The fourth-order valence-corrected chi connectivity index (χ4v) is 2.85. The molecule has 0 fully saturated rings. The molecule has 0 aromatic heterocycles. The summed E-state index contributed by atoms with van der Waals surface area (Å²) in [6, 6.07) is 13.5. The molecule has 90 valence electrons. The predicted octanol–water partition coefficient (Wildman–Crippen LogP) is 3.83. The monoisotopic (exact) mass is 278 g/mol. The number of hydrogen-bond donors (Lipinski definition) is 0. The molecule has 0 aliphatic carbocycles. The highest BCUT2D eigenvalue weighted by Gasteiger charge is 2.25. The van der Waals surface area contributed by atoms with Gasteiger partial charge in [0.1, 0.15) is 8.81 Å². The maximum absolute atomic E-state index is 11.9. The van der Waals surface area contributed by atoms with E-state index in [1.807, 2.05) is 42.5 Å². The number of rotatable bonds is 1. The van der Waals surface area contributed by atoms with Gasteiger partial charge in [-0.2, -0.15) is 4.67 Å². The molecule has 1 atom stereocenters. The molecular weight excluding hydrogens is 271 g/mol. The van der Waals surface area contributed by atoms with Crippen LogP contribution in [0, 0.1) is 0 Å². The summed E-state index contributed by atoms with van der Waals surface area (Å²) in [5, 5.41) is 2.02. The van der Waals surface area contributed by atoms with Crippen LogP contribution in [0.15, 0.2) is 47.7 Å². The van der Waals surface area contributed by atoms with Crippen LogP contribution in [0.1, 0.15) is 5.56 Å². The largest absolute Gasteiger partial charge is 0.321 e. The summed E-state index contributed by atoms with van der Waals surface area (Å²) in [5.41, 5.74) is 1.01. The first kappa shape index (κ1) is 11.7. The average molecular weight is 279 g/mol. The van der Waals surface area contributed by atoms with E-state index in [0.717, 1.165) is 16.3 Å². The molecule has 0 saturated carbocycles. The molecule has 2 aromatic carbocycles. The van der Waals surface area contributed by atoms with E-state index in [9.17, 15) is 4.79 Å². The Labute approximate surface area is 110 Å². The maximum atomic E-state index is 11.9. The molecule has 0 amide bonds. The van der Waals surface area contributed by atoms with Crippen LogP contribution in [-0.4, -0.2) is 5.52 Å². The van der Waals surface area contributed by atoms with E-state index < -0.39 is 0 Å². The molecule has 18 heavy (non-hydrogen) atoms. The minimum Gasteiger partial charge on any atom is -0.321 e. The van der Waals surface area contributed by atoms with E-state index in [2.05, 4.69) is 4.67 Å². The fourth-order valence-electron chi connectivity index (χ4n) is 1.95. The lowest BCUT2D eigenvalue weighted by Gasteiger charge is -2.15. The lowest BCUT2D eigenvalue weighted by molar-refractivity contribution is -0.149. The number of benzene rings is 2. The summed E-state index contributed by atoms with van der Waals surface area (Å²) < 4.78 is 4.65. The third kappa shape index (κ3) is 1.91. The van der Waals surface area contributed by atoms with Crippen LogP contribution in [0.3, 0.4) is 0 Å². The molecule has 3 rings (SSSR count). The Bertz CT molecular complexity index is 661. The highest BCUT2D eigenvalue weighted by Crippen LogP contribution is 2.39. The van der Waals surface area contributed by atoms with Crippen LogP contribution < -0.4 is 0 Å². The maximum Gasteiger partial charge on any atom is 0.244 e. The van der Waals surface area contributed by atoms with Gasteiger partial charge in [-0.1, -0.05) is 42.5 Å². The first-order valence-electron chi connectivity index (χ1n) is 5.29. The summed E-state index contributed by atoms with van der Waals surface area (Å²) in [7, 11) is -0.365. The molecule has 1 heterocycles. The zero-order valence-corrected chi connectivity index (χ0v) is 10.9. The van der Waals surface area contributed by atoms with Gasteiger partial charge in [-0.25, -0.2) is 0 Å². The van der Waals surface area contributed by atoms with E-state index in [1.54, 1.807) is 0 Å². The standard InChI is InChI=1S/C13H8ClO3P/c14-12-11(13(15)18-17-16-12)10-7-3-5-8-4-1-2-6-9(8)10/h1-7,18H. The second kappa shape index (κ2) is 4.69. The number of fused-ring (bicyclic) bond motifs is 1. The molecule has 2 aromatic rings. The number of hydrogen-bond acceptors (Lipinski definition) is 3. The van der Waals surface area contributed by atoms with Gasteiger partial charge in [-0.3, -0.25) is 4.79 Å². The van der Waals surface area contributed by atoms with Crippen molar-refractivity contribution in [3.8, 4) is 0 Å². The van der Waals surface area contributed by atoms with Crippen molar-refractivity contribution in [2.75, 3.05) is 0 Å². The van der Waals surface area contributed by atoms with E-state index in [-0.39, 0.29) is 19.6 Å². The smallest absolute Gasteiger partial charge is 0.244 e. The molecule has 5 heteroatoms. The van der Waals surface area contributed by atoms with Crippen LogP contribution in [0.25, 0.3) is 16.3 Å². The van der Waals surface area contributed by atoms with Crippen LogP contribution in [0.4, 0.5) is 0 Å². The third-order valence-electron chi connectivity index (χ3n) is 2.73. The molecule has 0 saturated heterocycles. The van der Waals surface area contributed by atoms with Crippen molar-refractivity contribution in [2.24, 2.45) is 0 Å². The lowest BCUT2D eigenvalue weighted by atomic mass is 9.99. The summed E-state index contributed by atoms with van der Waals surface area (Å²) in [6.07, 6.45) is 0. The van der Waals surface area contributed by atoms with Crippen LogP contribution in [-0.2, 0) is 14.4 Å². The van der Waals surface area contributed by atoms with Gasteiger partial charge >= 0.3 is 0 Å². The van der Waals surface area contributed by atoms with Gasteiger partial charge in [-0.05, 0) is 27.9 Å². The Balaban J connectivity index is 2.29. The number of carbonyl (C=O) groups excluding carboxylic acids is 1. The van der Waals surface area contributed by atoms with Gasteiger partial charge in [0.2, 0.25) is 10.7 Å². The quantitative estimate of drug-likeness (QED) is 0.587. The van der Waals surface area contributed by atoms with Crippen molar-refractivity contribution in [3.63, 3.8) is 0 Å². The van der Waals surface area contributed by atoms with Crippen LogP contribution in [0.5, 0.6) is 0 Å². The highest BCUT2D eigenvalue weighted by atomic mass is 35.5. The molecule has 1 unspecified atom stereocenters. The second-order valence-corrected chi connectivity index (χ2v) is 4.94. The molecule has 0 spiro atoms. The summed E-state index contributed by atoms with van der Waals surface area (Å²) in [5.74, 6) is 0. The number of allylic oxidation sites excluding steroid dienone is 1. The highest BCUT2D eigenvalue weighted by molar-refractivity contribution is 7.55. The molecule has 0 bridgehead atoms. The average Bonchev–Trinajstić information content (AvgIpc) is 2.39. The summed E-state index contributed by atoms with van der Waals surface area (Å²) in [4.78, 5) is 16.7. The van der Waals surface area contributed by atoms with Crippen molar-refractivity contribution in [2.45, 2.75) is 0 Å². The van der Waals surface area contributed by atoms with E-state index in [0.29, 0.717) is 5.57 Å². The summed E-state index contributed by atoms with van der Waals surface area (Å²) in [6.45, 7) is 0. The SMILES string of the molecule is O=C1POOC(Cl)=C1c1cccc2ccccc12. The Morgan fingerprint density at radius 3 is 2.67 bits per heavy atom. The molecular formula is C13H8ClO3P. The minimum atomic E-state index is -0.365. The second-order valence-electron chi connectivity index (χ2n) is 3.77. The van der Waals surface area contributed by atoms with Crippen LogP contribution in [0.2, 0.25) is 0 Å². The van der Waals surface area contributed by atoms with Gasteiger partial charge in [-0.15, -0.1) is 0 Å². The number of halogens is 1. The molecule has 0 N–H and O–H groups in total. The first-order chi connectivity index (χ1) is 8.77. The summed E-state index contributed by atoms with van der Waals surface area (Å²) >= 11 is 5.93. The molecule has 1 aliphatic rings. The van der Waals surface area contributed by atoms with Crippen molar-refractivity contribution in [1.82, 2.24) is 0 Å². The molecule has 0 radical (unpaired) electrons. The first-order valence-corrected chi connectivity index (χ1v) is 6.58. The predicted molar refractivity (Wildman–Crippen MR) is 72.2 cm³/mol. The van der Waals surface area contributed by atoms with Gasteiger partial charge < -0.3 is 4.89 Å². The zero-order chi connectivity index (χ0) is 12.5. The Morgan fingerprint density at radius 1 is 1.06 bits per heavy atom. The zero-order valence-electron chi connectivity index (χ0n) is 9.14. The molecule has 3 nitrogen and oxygen atoms in total. The van der Waals surface area contributed by atoms with E-state index >= 15 is 0 Å². The third-order valence-corrected chi connectivity index (χ3v) is 3.59. The minimum absolute atomic E-state index is 0.00453. The lowest BCUT2D eigenvalue weighted by Crippen LogP contribution is -2.05. The Morgan fingerprint density at radius 2 is 1.83 bits per heavy atom. The van der Waals surface area contributed by atoms with Crippen molar-refractivity contribution in [3.05, 3.63) is 53.2 Å². The van der Waals surface area contributed by atoms with Gasteiger partial charge in [0.05, 0.1) is 5.57 Å². The Hall–Kier alpha value is -1.41. The number of carbonyl (C=O) groups is 1. The molecule has 1 aliphatic heterocycles. The van der Waals surface area contributed by atoms with Crippen LogP contribution >= 0.6 is 20.4 Å².